The molecular weight excluding hydrogens is 412 g/mol. The predicted molar refractivity (Wildman–Crippen MR) is 119 cm³/mol. The van der Waals surface area contributed by atoms with Gasteiger partial charge in [0.25, 0.3) is 0 Å². The largest absolute Gasteiger partial charge is 0.481 e. The van der Waals surface area contributed by atoms with Crippen LogP contribution in [-0.4, -0.2) is 40.9 Å². The number of hydrogen-bond donors (Lipinski definition) is 2. The summed E-state index contributed by atoms with van der Waals surface area (Å²) in [5.74, 6) is -1.93. The van der Waals surface area contributed by atoms with Crippen molar-refractivity contribution >= 4 is 18.0 Å². The van der Waals surface area contributed by atoms with Gasteiger partial charge in [-0.2, -0.15) is 5.26 Å². The molecule has 3 atom stereocenters. The van der Waals surface area contributed by atoms with Gasteiger partial charge in [0.05, 0.1) is 18.1 Å². The molecule has 1 amide bonds. The first-order valence-electron chi connectivity index (χ1n) is 10.9. The van der Waals surface area contributed by atoms with E-state index in [2.05, 4.69) is 5.32 Å². The number of carbonyl (C=O) groups is 3. The summed E-state index contributed by atoms with van der Waals surface area (Å²) in [6.45, 7) is 9.01. The van der Waals surface area contributed by atoms with Crippen molar-refractivity contribution in [3.05, 3.63) is 35.4 Å². The van der Waals surface area contributed by atoms with E-state index in [4.69, 9.17) is 14.7 Å². The van der Waals surface area contributed by atoms with E-state index in [0.717, 1.165) is 19.3 Å². The van der Waals surface area contributed by atoms with E-state index >= 15 is 0 Å². The van der Waals surface area contributed by atoms with E-state index in [1.54, 1.807) is 45.0 Å². The van der Waals surface area contributed by atoms with Crippen molar-refractivity contribution < 1.29 is 29.0 Å². The van der Waals surface area contributed by atoms with Crippen LogP contribution in [0.5, 0.6) is 0 Å². The van der Waals surface area contributed by atoms with Crippen LogP contribution in [0.1, 0.15) is 71.4 Å². The van der Waals surface area contributed by atoms with Crippen LogP contribution in [-0.2, 0) is 25.5 Å². The van der Waals surface area contributed by atoms with E-state index in [1.807, 2.05) is 19.9 Å². The number of nitriles is 1. The number of ether oxygens (including phenoxy) is 2. The number of amides is 1. The van der Waals surface area contributed by atoms with Gasteiger partial charge in [-0.1, -0.05) is 38.8 Å². The maximum Gasteiger partial charge on any atom is 0.408 e. The smallest absolute Gasteiger partial charge is 0.408 e. The number of nitrogens with one attached hydrogen (secondary N) is 1. The number of benzene rings is 1. The summed E-state index contributed by atoms with van der Waals surface area (Å²) in [6, 6.07) is 7.56. The third-order valence-electron chi connectivity index (χ3n) is 4.79. The van der Waals surface area contributed by atoms with E-state index in [0.29, 0.717) is 11.1 Å². The fourth-order valence-corrected chi connectivity index (χ4v) is 3.07. The number of unbranched alkanes of at least 4 members (excludes halogenated alkanes) is 1. The van der Waals surface area contributed by atoms with E-state index in [1.165, 1.54) is 0 Å². The third-order valence-corrected chi connectivity index (χ3v) is 4.79. The molecule has 0 saturated heterocycles. The Balaban J connectivity index is 3.04. The number of carboxylic acids is 1. The fraction of sp³-hybridized carbons (Fsp3) is 0.583. The molecule has 8 nitrogen and oxygen atoms in total. The Morgan fingerprint density at radius 1 is 1.19 bits per heavy atom. The number of carboxylic acid groups (broad SMARTS) is 1. The van der Waals surface area contributed by atoms with Crippen LogP contribution in [0.3, 0.4) is 0 Å². The first-order valence-corrected chi connectivity index (χ1v) is 10.9. The highest BCUT2D eigenvalue weighted by Gasteiger charge is 2.30. The monoisotopic (exact) mass is 446 g/mol. The lowest BCUT2D eigenvalue weighted by atomic mass is 9.95. The molecule has 0 fully saturated rings. The van der Waals surface area contributed by atoms with Crippen molar-refractivity contribution in [2.75, 3.05) is 0 Å². The van der Waals surface area contributed by atoms with Gasteiger partial charge in [-0.05, 0) is 50.8 Å². The number of carbonyl (C=O) groups excluding carboxylic acids is 2. The summed E-state index contributed by atoms with van der Waals surface area (Å²) >= 11 is 0. The molecule has 0 bridgehead atoms. The third kappa shape index (κ3) is 10.3. The van der Waals surface area contributed by atoms with Crippen molar-refractivity contribution in [2.24, 2.45) is 5.92 Å². The molecule has 1 rings (SSSR count). The highest BCUT2D eigenvalue weighted by molar-refractivity contribution is 5.82. The molecule has 0 aliphatic rings. The Bertz CT molecular complexity index is 807. The van der Waals surface area contributed by atoms with Crippen molar-refractivity contribution in [1.29, 1.82) is 5.26 Å². The van der Waals surface area contributed by atoms with Crippen LogP contribution in [0.2, 0.25) is 0 Å². The van der Waals surface area contributed by atoms with Gasteiger partial charge in [0.15, 0.2) is 0 Å². The number of esters is 1. The predicted octanol–water partition coefficient (Wildman–Crippen LogP) is 4.21. The number of aliphatic carboxylic acids is 1. The van der Waals surface area contributed by atoms with Gasteiger partial charge in [-0.25, -0.2) is 9.59 Å². The van der Waals surface area contributed by atoms with E-state index in [-0.39, 0.29) is 18.8 Å². The topological polar surface area (TPSA) is 126 Å². The van der Waals surface area contributed by atoms with Crippen molar-refractivity contribution in [3.8, 4) is 6.07 Å². The zero-order valence-electron chi connectivity index (χ0n) is 19.5. The highest BCUT2D eigenvalue weighted by Crippen LogP contribution is 2.20. The van der Waals surface area contributed by atoms with Crippen molar-refractivity contribution in [2.45, 2.75) is 84.5 Å². The zero-order valence-corrected chi connectivity index (χ0v) is 19.5. The lowest BCUT2D eigenvalue weighted by Crippen LogP contribution is -2.47. The van der Waals surface area contributed by atoms with Crippen LogP contribution in [0.25, 0.3) is 0 Å². The summed E-state index contributed by atoms with van der Waals surface area (Å²) in [4.78, 5) is 36.6. The van der Waals surface area contributed by atoms with E-state index < -0.39 is 35.8 Å². The minimum Gasteiger partial charge on any atom is -0.481 e. The fourth-order valence-electron chi connectivity index (χ4n) is 3.07. The van der Waals surface area contributed by atoms with Crippen LogP contribution < -0.4 is 5.32 Å². The lowest BCUT2D eigenvalue weighted by molar-refractivity contribution is -0.158. The van der Waals surface area contributed by atoms with Gasteiger partial charge in [0, 0.05) is 6.42 Å². The Morgan fingerprint density at radius 2 is 1.81 bits per heavy atom. The first-order chi connectivity index (χ1) is 14.9. The zero-order chi connectivity index (χ0) is 24.3. The number of alkyl carbamates (subject to hydrolysis) is 1. The maximum absolute atomic E-state index is 13.0. The second-order valence-corrected chi connectivity index (χ2v) is 8.90. The van der Waals surface area contributed by atoms with Gasteiger partial charge in [-0.3, -0.25) is 4.79 Å². The molecule has 0 spiro atoms. The second kappa shape index (κ2) is 12.7. The molecule has 0 saturated carbocycles. The molecule has 176 valence electrons. The molecule has 0 aliphatic heterocycles. The minimum atomic E-state index is -1.08. The summed E-state index contributed by atoms with van der Waals surface area (Å²) in [6.07, 6.45) is 0.762. The average Bonchev–Trinajstić information content (AvgIpc) is 2.69. The summed E-state index contributed by atoms with van der Waals surface area (Å²) in [5.41, 5.74) is 0.420. The SMILES string of the molecule is CCCC[C@H](C)[C@H](CC(=O)O)OC(=O)[C@H](Cc1ccc(C#N)cc1)NC(=O)OC(C)(C)C. The Hall–Kier alpha value is -3.08. The van der Waals surface area contributed by atoms with Crippen LogP contribution in [0.15, 0.2) is 24.3 Å². The normalized spacial score (nSPS) is 13.9. The summed E-state index contributed by atoms with van der Waals surface area (Å²) in [5, 5.41) is 20.8. The van der Waals surface area contributed by atoms with Crippen LogP contribution in [0.4, 0.5) is 4.79 Å². The molecule has 0 aromatic heterocycles. The van der Waals surface area contributed by atoms with Gasteiger partial charge in [-0.15, -0.1) is 0 Å². The standard InChI is InChI=1S/C24H34N2O6/c1-6-7-8-16(2)20(14-21(27)28)31-22(29)19(26-23(30)32-24(3,4)5)13-17-9-11-18(15-25)12-10-17/h9-12,16,19-20H,6-8,13-14H2,1-5H3,(H,26,30)(H,27,28)/t16-,19-,20-/m0/s1. The molecule has 32 heavy (non-hydrogen) atoms. The average molecular weight is 447 g/mol. The maximum atomic E-state index is 13.0. The Morgan fingerprint density at radius 3 is 2.31 bits per heavy atom. The Kier molecular flexibility index (Phi) is 10.7. The second-order valence-electron chi connectivity index (χ2n) is 8.90. The number of rotatable bonds is 11. The van der Waals surface area contributed by atoms with Gasteiger partial charge < -0.3 is 19.9 Å². The van der Waals surface area contributed by atoms with E-state index in [9.17, 15) is 19.5 Å². The van der Waals surface area contributed by atoms with Gasteiger partial charge >= 0.3 is 18.0 Å². The van der Waals surface area contributed by atoms with Crippen molar-refractivity contribution in [1.82, 2.24) is 5.32 Å². The molecule has 0 aliphatic carbocycles. The van der Waals surface area contributed by atoms with Crippen molar-refractivity contribution in [3.63, 3.8) is 0 Å². The summed E-state index contributed by atoms with van der Waals surface area (Å²) in [7, 11) is 0. The molecule has 1 aromatic rings. The number of nitrogens with zero attached hydrogens (tertiary/aromatic N) is 1. The first kappa shape index (κ1) is 27.0. The van der Waals surface area contributed by atoms with Gasteiger partial charge in [0.2, 0.25) is 0 Å². The molecule has 8 heteroatoms. The molecule has 0 heterocycles. The quantitative estimate of drug-likeness (QED) is 0.488. The van der Waals surface area contributed by atoms with Crippen LogP contribution in [0, 0.1) is 17.2 Å². The minimum absolute atomic E-state index is 0.104. The number of hydrogen-bond acceptors (Lipinski definition) is 6. The van der Waals surface area contributed by atoms with Gasteiger partial charge in [0.1, 0.15) is 17.7 Å². The molecule has 2 N–H and O–H groups in total. The Labute approximate surface area is 189 Å². The van der Waals surface area contributed by atoms with Crippen LogP contribution >= 0.6 is 0 Å². The lowest BCUT2D eigenvalue weighted by Gasteiger charge is -2.27. The molecular formula is C24H34N2O6. The molecule has 1 aromatic carbocycles. The molecule has 0 unspecified atom stereocenters. The molecule has 0 radical (unpaired) electrons. The summed E-state index contributed by atoms with van der Waals surface area (Å²) < 4.78 is 10.9. The highest BCUT2D eigenvalue weighted by atomic mass is 16.6.